The lowest BCUT2D eigenvalue weighted by atomic mass is 10.4. The SMILES string of the molecule is COC(=O)n1c(OC(C)=O)cc2ncccc21. The van der Waals surface area contributed by atoms with Crippen molar-refractivity contribution in [3.63, 3.8) is 0 Å². The molecule has 88 valence electrons. The number of methoxy groups -OCH3 is 1. The van der Waals surface area contributed by atoms with Gasteiger partial charge in [-0.3, -0.25) is 9.78 Å². The predicted octanol–water partition coefficient (Wildman–Crippen LogP) is 1.58. The normalized spacial score (nSPS) is 10.2. The van der Waals surface area contributed by atoms with Crippen LogP contribution in [0.4, 0.5) is 4.79 Å². The number of carbonyl (C=O) groups excluding carboxylic acids is 2. The number of hydrogen-bond acceptors (Lipinski definition) is 5. The quantitative estimate of drug-likeness (QED) is 0.700. The largest absolute Gasteiger partial charge is 0.452 e. The van der Waals surface area contributed by atoms with Crippen molar-refractivity contribution in [1.29, 1.82) is 0 Å². The van der Waals surface area contributed by atoms with Gasteiger partial charge in [0.25, 0.3) is 0 Å². The van der Waals surface area contributed by atoms with Gasteiger partial charge in [-0.05, 0) is 12.1 Å². The Hall–Kier alpha value is -2.37. The Morgan fingerprint density at radius 1 is 1.41 bits per heavy atom. The van der Waals surface area contributed by atoms with Crippen LogP contribution in [0.3, 0.4) is 0 Å². The summed E-state index contributed by atoms with van der Waals surface area (Å²) in [6.45, 7) is 1.26. The van der Waals surface area contributed by atoms with Gasteiger partial charge < -0.3 is 9.47 Å². The van der Waals surface area contributed by atoms with E-state index in [4.69, 9.17) is 4.74 Å². The van der Waals surface area contributed by atoms with Crippen LogP contribution < -0.4 is 4.74 Å². The average molecular weight is 234 g/mol. The number of rotatable bonds is 1. The second-order valence-electron chi connectivity index (χ2n) is 3.29. The monoisotopic (exact) mass is 234 g/mol. The molecule has 6 heteroatoms. The van der Waals surface area contributed by atoms with Crippen molar-refractivity contribution in [3.05, 3.63) is 24.4 Å². The Morgan fingerprint density at radius 2 is 2.18 bits per heavy atom. The number of ether oxygens (including phenoxy) is 2. The predicted molar refractivity (Wildman–Crippen MR) is 58.8 cm³/mol. The first-order valence-corrected chi connectivity index (χ1v) is 4.86. The highest BCUT2D eigenvalue weighted by Gasteiger charge is 2.18. The first kappa shape index (κ1) is 11.1. The molecule has 0 unspecified atom stereocenters. The molecule has 0 fully saturated rings. The lowest BCUT2D eigenvalue weighted by Crippen LogP contribution is -2.15. The highest BCUT2D eigenvalue weighted by Crippen LogP contribution is 2.24. The van der Waals surface area contributed by atoms with Crippen molar-refractivity contribution in [2.45, 2.75) is 6.92 Å². The lowest BCUT2D eigenvalue weighted by Gasteiger charge is -2.06. The average Bonchev–Trinajstić information content (AvgIpc) is 2.65. The van der Waals surface area contributed by atoms with Crippen LogP contribution in [0.25, 0.3) is 11.0 Å². The fourth-order valence-electron chi connectivity index (χ4n) is 1.51. The molecule has 0 saturated heterocycles. The maximum atomic E-state index is 11.6. The van der Waals surface area contributed by atoms with Crippen LogP contribution in [0.5, 0.6) is 5.88 Å². The number of carbonyl (C=O) groups is 2. The molecule has 2 heterocycles. The van der Waals surface area contributed by atoms with Crippen molar-refractivity contribution < 1.29 is 19.1 Å². The van der Waals surface area contributed by atoms with Gasteiger partial charge in [-0.15, -0.1) is 0 Å². The molecule has 17 heavy (non-hydrogen) atoms. The molecular formula is C11H10N2O4. The van der Waals surface area contributed by atoms with Crippen LogP contribution in [0.15, 0.2) is 24.4 Å². The molecule has 0 amide bonds. The van der Waals surface area contributed by atoms with Gasteiger partial charge in [0.15, 0.2) is 0 Å². The summed E-state index contributed by atoms with van der Waals surface area (Å²) in [4.78, 5) is 26.6. The van der Waals surface area contributed by atoms with Crippen LogP contribution in [0, 0.1) is 0 Å². The summed E-state index contributed by atoms with van der Waals surface area (Å²) < 4.78 is 10.7. The van der Waals surface area contributed by atoms with Gasteiger partial charge in [-0.2, -0.15) is 0 Å². The second kappa shape index (κ2) is 4.25. The van der Waals surface area contributed by atoms with Crippen LogP contribution in [-0.2, 0) is 9.53 Å². The molecule has 0 aromatic carbocycles. The minimum Gasteiger partial charge on any atom is -0.452 e. The molecular weight excluding hydrogens is 224 g/mol. The highest BCUT2D eigenvalue weighted by atomic mass is 16.6. The van der Waals surface area contributed by atoms with E-state index in [0.717, 1.165) is 4.57 Å². The fraction of sp³-hybridized carbons (Fsp3) is 0.182. The third kappa shape index (κ3) is 1.96. The maximum Gasteiger partial charge on any atom is 0.421 e. The third-order valence-electron chi connectivity index (χ3n) is 2.14. The van der Waals surface area contributed by atoms with Gasteiger partial charge in [-0.25, -0.2) is 9.36 Å². The van der Waals surface area contributed by atoms with Crippen LogP contribution in [-0.4, -0.2) is 28.7 Å². The lowest BCUT2D eigenvalue weighted by molar-refractivity contribution is -0.132. The zero-order chi connectivity index (χ0) is 12.4. The molecule has 6 nitrogen and oxygen atoms in total. The summed E-state index contributed by atoms with van der Waals surface area (Å²) in [7, 11) is 1.25. The minimum atomic E-state index is -0.635. The molecule has 0 atom stereocenters. The Balaban J connectivity index is 2.64. The van der Waals surface area contributed by atoms with Gasteiger partial charge >= 0.3 is 12.1 Å². The molecule has 0 aliphatic carbocycles. The van der Waals surface area contributed by atoms with Gasteiger partial charge in [-0.1, -0.05) is 0 Å². The third-order valence-corrected chi connectivity index (χ3v) is 2.14. The van der Waals surface area contributed by atoms with E-state index in [-0.39, 0.29) is 5.88 Å². The first-order valence-electron chi connectivity index (χ1n) is 4.86. The van der Waals surface area contributed by atoms with E-state index in [2.05, 4.69) is 9.72 Å². The fourth-order valence-corrected chi connectivity index (χ4v) is 1.51. The molecule has 0 aliphatic heterocycles. The molecule has 0 spiro atoms. The van der Waals surface area contributed by atoms with E-state index in [1.54, 1.807) is 18.3 Å². The van der Waals surface area contributed by atoms with Crippen molar-refractivity contribution in [2.24, 2.45) is 0 Å². The van der Waals surface area contributed by atoms with E-state index >= 15 is 0 Å². The van der Waals surface area contributed by atoms with Gasteiger partial charge in [0.2, 0.25) is 5.88 Å². The van der Waals surface area contributed by atoms with Crippen LogP contribution >= 0.6 is 0 Å². The first-order chi connectivity index (χ1) is 8.13. The number of aromatic nitrogens is 2. The van der Waals surface area contributed by atoms with E-state index in [9.17, 15) is 9.59 Å². The summed E-state index contributed by atoms with van der Waals surface area (Å²) in [5, 5.41) is 0. The van der Waals surface area contributed by atoms with E-state index in [1.165, 1.54) is 20.1 Å². The van der Waals surface area contributed by atoms with Crippen molar-refractivity contribution in [3.8, 4) is 5.88 Å². The van der Waals surface area contributed by atoms with Crippen molar-refractivity contribution in [1.82, 2.24) is 9.55 Å². The topological polar surface area (TPSA) is 70.4 Å². The highest BCUT2D eigenvalue weighted by molar-refractivity contribution is 5.90. The Bertz CT molecular complexity index is 588. The molecule has 2 aromatic heterocycles. The number of nitrogens with zero attached hydrogens (tertiary/aromatic N) is 2. The molecule has 0 saturated carbocycles. The summed E-state index contributed by atoms with van der Waals surface area (Å²) in [6, 6.07) is 4.87. The molecule has 0 radical (unpaired) electrons. The number of esters is 1. The van der Waals surface area contributed by atoms with Crippen LogP contribution in [0.2, 0.25) is 0 Å². The maximum absolute atomic E-state index is 11.6. The number of hydrogen-bond donors (Lipinski definition) is 0. The Morgan fingerprint density at radius 3 is 2.82 bits per heavy atom. The van der Waals surface area contributed by atoms with Crippen molar-refractivity contribution >= 4 is 23.1 Å². The summed E-state index contributed by atoms with van der Waals surface area (Å²) in [5.74, 6) is -0.420. The molecule has 2 rings (SSSR count). The van der Waals surface area contributed by atoms with Crippen LogP contribution in [0.1, 0.15) is 6.92 Å². The Kier molecular flexibility index (Phi) is 2.78. The van der Waals surface area contributed by atoms with E-state index in [0.29, 0.717) is 11.0 Å². The standard InChI is InChI=1S/C11H10N2O4/c1-7(14)17-10-6-8-9(4-3-5-12-8)13(10)11(15)16-2/h3-6H,1-2H3. The van der Waals surface area contributed by atoms with Gasteiger partial charge in [0, 0.05) is 19.2 Å². The summed E-state index contributed by atoms with van der Waals surface area (Å²) >= 11 is 0. The minimum absolute atomic E-state index is 0.0954. The van der Waals surface area contributed by atoms with Crippen molar-refractivity contribution in [2.75, 3.05) is 7.11 Å². The number of pyridine rings is 1. The summed E-state index contributed by atoms with van der Waals surface area (Å²) in [5.41, 5.74) is 1.07. The van der Waals surface area contributed by atoms with E-state index in [1.807, 2.05) is 0 Å². The van der Waals surface area contributed by atoms with Gasteiger partial charge in [0.05, 0.1) is 18.1 Å². The molecule has 0 N–H and O–H groups in total. The van der Waals surface area contributed by atoms with Gasteiger partial charge in [0.1, 0.15) is 0 Å². The molecule has 0 bridgehead atoms. The summed E-state index contributed by atoms with van der Waals surface area (Å²) in [6.07, 6.45) is 0.950. The number of fused-ring (bicyclic) bond motifs is 1. The smallest absolute Gasteiger partial charge is 0.421 e. The zero-order valence-corrected chi connectivity index (χ0v) is 9.34. The molecule has 2 aromatic rings. The molecule has 0 aliphatic rings. The second-order valence-corrected chi connectivity index (χ2v) is 3.29. The zero-order valence-electron chi connectivity index (χ0n) is 9.34. The Labute approximate surface area is 96.8 Å². The van der Waals surface area contributed by atoms with E-state index < -0.39 is 12.1 Å².